The fourth-order valence-corrected chi connectivity index (χ4v) is 5.15. The van der Waals surface area contributed by atoms with Crippen molar-refractivity contribution in [2.45, 2.75) is 32.6 Å². The van der Waals surface area contributed by atoms with E-state index in [-0.39, 0.29) is 36.6 Å². The van der Waals surface area contributed by atoms with E-state index in [0.717, 1.165) is 19.3 Å². The van der Waals surface area contributed by atoms with E-state index in [9.17, 15) is 19.2 Å². The molecule has 1 aromatic carbocycles. The lowest BCUT2D eigenvalue weighted by Gasteiger charge is -2.19. The van der Waals surface area contributed by atoms with Crippen molar-refractivity contribution < 1.29 is 28.7 Å². The fraction of sp³-hybridized carbons (Fsp3) is 0.545. The first-order valence-corrected chi connectivity index (χ1v) is 10.5. The van der Waals surface area contributed by atoms with Gasteiger partial charge in [-0.05, 0) is 50.2 Å². The molecular formula is C22H26N2O6. The molecule has 160 valence electrons. The number of imide groups is 1. The summed E-state index contributed by atoms with van der Waals surface area (Å²) in [6, 6.07) is 6.98. The zero-order valence-electron chi connectivity index (χ0n) is 17.0. The van der Waals surface area contributed by atoms with E-state index in [1.165, 1.54) is 4.90 Å². The molecule has 1 N–H and O–H groups in total. The maximum Gasteiger partial charge on any atom is 0.308 e. The maximum atomic E-state index is 12.6. The lowest BCUT2D eigenvalue weighted by Crippen LogP contribution is -2.35. The van der Waals surface area contributed by atoms with Crippen LogP contribution in [0.5, 0.6) is 5.75 Å². The molecule has 2 saturated carbocycles. The van der Waals surface area contributed by atoms with Gasteiger partial charge in [-0.25, -0.2) is 0 Å². The Labute approximate surface area is 174 Å². The zero-order chi connectivity index (χ0) is 21.3. The van der Waals surface area contributed by atoms with E-state index in [0.29, 0.717) is 29.9 Å². The molecule has 0 unspecified atom stereocenters. The number of ether oxygens (including phenoxy) is 2. The van der Waals surface area contributed by atoms with Gasteiger partial charge in [0.2, 0.25) is 11.8 Å². The van der Waals surface area contributed by atoms with Crippen molar-refractivity contribution in [3.63, 3.8) is 0 Å². The number of amides is 3. The number of benzene rings is 1. The highest BCUT2D eigenvalue weighted by Gasteiger charge is 2.60. The van der Waals surface area contributed by atoms with Crippen LogP contribution in [-0.4, -0.2) is 48.3 Å². The lowest BCUT2D eigenvalue weighted by molar-refractivity contribution is -0.149. The van der Waals surface area contributed by atoms with E-state index in [4.69, 9.17) is 9.47 Å². The molecule has 2 bridgehead atoms. The summed E-state index contributed by atoms with van der Waals surface area (Å²) >= 11 is 0. The Kier molecular flexibility index (Phi) is 5.74. The van der Waals surface area contributed by atoms with Gasteiger partial charge in [-0.3, -0.25) is 24.1 Å². The molecule has 0 spiro atoms. The summed E-state index contributed by atoms with van der Waals surface area (Å²) in [4.78, 5) is 50.6. The third-order valence-electron chi connectivity index (χ3n) is 6.38. The highest BCUT2D eigenvalue weighted by molar-refractivity contribution is 6.06. The number of hydrogen-bond donors (Lipinski definition) is 1. The number of nitrogens with one attached hydrogen (secondary N) is 1. The van der Waals surface area contributed by atoms with Crippen LogP contribution in [0.3, 0.4) is 0 Å². The summed E-state index contributed by atoms with van der Waals surface area (Å²) in [7, 11) is 0. The van der Waals surface area contributed by atoms with E-state index >= 15 is 0 Å². The van der Waals surface area contributed by atoms with Gasteiger partial charge in [0.25, 0.3) is 5.91 Å². The topological polar surface area (TPSA) is 102 Å². The van der Waals surface area contributed by atoms with Gasteiger partial charge in [0.05, 0.1) is 30.6 Å². The Morgan fingerprint density at radius 3 is 2.43 bits per heavy atom. The van der Waals surface area contributed by atoms with E-state index < -0.39 is 18.5 Å². The SMILES string of the molecule is CCOc1ccccc1NC(=O)COC(=O)CCN1C(=O)[C@H]2[C@@H]3CC[C@@H](C3)[C@@H]2C1=O. The molecule has 3 aliphatic rings. The Morgan fingerprint density at radius 2 is 1.77 bits per heavy atom. The predicted molar refractivity (Wildman–Crippen MR) is 106 cm³/mol. The van der Waals surface area contributed by atoms with Gasteiger partial charge in [0.1, 0.15) is 5.75 Å². The Morgan fingerprint density at radius 1 is 1.10 bits per heavy atom. The van der Waals surface area contributed by atoms with Crippen molar-refractivity contribution in [2.75, 3.05) is 25.1 Å². The predicted octanol–water partition coefficient (Wildman–Crippen LogP) is 1.99. The third-order valence-corrected chi connectivity index (χ3v) is 6.38. The largest absolute Gasteiger partial charge is 0.492 e. The minimum absolute atomic E-state index is 0.0116. The molecule has 2 aliphatic carbocycles. The Hall–Kier alpha value is -2.90. The number of carbonyl (C=O) groups is 4. The van der Waals surface area contributed by atoms with Crippen LogP contribution in [0, 0.1) is 23.7 Å². The molecule has 8 heteroatoms. The first-order chi connectivity index (χ1) is 14.5. The van der Waals surface area contributed by atoms with Crippen molar-refractivity contribution >= 4 is 29.4 Å². The molecule has 0 radical (unpaired) electrons. The second-order valence-corrected chi connectivity index (χ2v) is 8.10. The quantitative estimate of drug-likeness (QED) is 0.516. The van der Waals surface area contributed by atoms with Gasteiger partial charge in [0, 0.05) is 6.54 Å². The third kappa shape index (κ3) is 3.78. The molecule has 3 fully saturated rings. The molecule has 4 atom stereocenters. The van der Waals surface area contributed by atoms with Crippen LogP contribution in [0.2, 0.25) is 0 Å². The second kappa shape index (κ2) is 8.45. The number of nitrogens with zero attached hydrogens (tertiary/aromatic N) is 1. The van der Waals surface area contributed by atoms with Crippen LogP contribution >= 0.6 is 0 Å². The normalized spacial score (nSPS) is 26.6. The van der Waals surface area contributed by atoms with E-state index in [2.05, 4.69) is 5.32 Å². The summed E-state index contributed by atoms with van der Waals surface area (Å²) in [6.45, 7) is 1.86. The Bertz CT molecular complexity index is 841. The monoisotopic (exact) mass is 414 g/mol. The molecular weight excluding hydrogens is 388 g/mol. The molecule has 4 rings (SSSR count). The second-order valence-electron chi connectivity index (χ2n) is 8.10. The smallest absolute Gasteiger partial charge is 0.308 e. The van der Waals surface area contributed by atoms with E-state index in [1.807, 2.05) is 6.92 Å². The van der Waals surface area contributed by atoms with Gasteiger partial charge in [0.15, 0.2) is 6.61 Å². The highest BCUT2D eigenvalue weighted by Crippen LogP contribution is 2.56. The number of carbonyl (C=O) groups excluding carboxylic acids is 4. The standard InChI is InChI=1S/C22H26N2O6/c1-2-29-16-6-4-3-5-15(16)23-17(25)12-30-18(26)9-10-24-21(27)19-13-7-8-14(11-13)20(19)22(24)28/h3-6,13-14,19-20H,2,7-12H2,1H3,(H,23,25)/t13-,14+,19-,20-/m0/s1. The molecule has 3 amide bonds. The van der Waals surface area contributed by atoms with Crippen LogP contribution in [0.4, 0.5) is 5.69 Å². The summed E-state index contributed by atoms with van der Waals surface area (Å²) in [6.07, 6.45) is 2.89. The first kappa shape index (κ1) is 20.4. The van der Waals surface area contributed by atoms with Crippen LogP contribution in [0.15, 0.2) is 24.3 Å². The molecule has 0 aromatic heterocycles. The van der Waals surface area contributed by atoms with Crippen LogP contribution in [0.25, 0.3) is 0 Å². The number of anilines is 1. The molecule has 1 aliphatic heterocycles. The number of esters is 1. The van der Waals surface area contributed by atoms with Crippen LogP contribution in [0.1, 0.15) is 32.6 Å². The first-order valence-electron chi connectivity index (χ1n) is 10.5. The van der Waals surface area contributed by atoms with Gasteiger partial charge in [-0.1, -0.05) is 12.1 Å². The van der Waals surface area contributed by atoms with Crippen molar-refractivity contribution in [3.05, 3.63) is 24.3 Å². The van der Waals surface area contributed by atoms with Crippen LogP contribution < -0.4 is 10.1 Å². The lowest BCUT2D eigenvalue weighted by atomic mass is 9.81. The number of rotatable bonds is 8. The number of para-hydroxylation sites is 2. The molecule has 1 heterocycles. The fourth-order valence-electron chi connectivity index (χ4n) is 5.15. The molecule has 1 saturated heterocycles. The minimum atomic E-state index is -0.621. The number of likely N-dealkylation sites (tertiary alicyclic amines) is 1. The zero-order valence-corrected chi connectivity index (χ0v) is 17.0. The van der Waals surface area contributed by atoms with Gasteiger partial charge < -0.3 is 14.8 Å². The van der Waals surface area contributed by atoms with Gasteiger partial charge >= 0.3 is 5.97 Å². The van der Waals surface area contributed by atoms with E-state index in [1.54, 1.807) is 24.3 Å². The van der Waals surface area contributed by atoms with Crippen LogP contribution in [-0.2, 0) is 23.9 Å². The maximum absolute atomic E-state index is 12.6. The Balaban J connectivity index is 1.23. The summed E-state index contributed by atoms with van der Waals surface area (Å²) in [5.41, 5.74) is 0.495. The summed E-state index contributed by atoms with van der Waals surface area (Å²) < 4.78 is 10.5. The molecule has 1 aromatic rings. The van der Waals surface area contributed by atoms with Crippen molar-refractivity contribution in [3.8, 4) is 5.75 Å². The van der Waals surface area contributed by atoms with Crippen molar-refractivity contribution in [2.24, 2.45) is 23.7 Å². The molecule has 30 heavy (non-hydrogen) atoms. The average molecular weight is 414 g/mol. The van der Waals surface area contributed by atoms with Crippen molar-refractivity contribution in [1.82, 2.24) is 4.90 Å². The summed E-state index contributed by atoms with van der Waals surface area (Å²) in [5.74, 6) is -0.616. The van der Waals surface area contributed by atoms with Gasteiger partial charge in [-0.2, -0.15) is 0 Å². The number of hydrogen-bond acceptors (Lipinski definition) is 6. The van der Waals surface area contributed by atoms with Gasteiger partial charge in [-0.15, -0.1) is 0 Å². The average Bonchev–Trinajstić information content (AvgIpc) is 3.41. The number of fused-ring (bicyclic) bond motifs is 5. The summed E-state index contributed by atoms with van der Waals surface area (Å²) in [5, 5.41) is 2.65. The highest BCUT2D eigenvalue weighted by atomic mass is 16.5. The molecule has 8 nitrogen and oxygen atoms in total. The van der Waals surface area contributed by atoms with Crippen molar-refractivity contribution in [1.29, 1.82) is 0 Å². The minimum Gasteiger partial charge on any atom is -0.492 e.